The van der Waals surface area contributed by atoms with Crippen molar-refractivity contribution in [1.29, 1.82) is 0 Å². The standard InChI is InChI=1S/C20H38N2/c1-10-13-19(6,7)15-16(20(8,9)14-11-2)22-17(21-15)18(4,5)12-3/h10-14H2,1-9H3,(H,21,22). The zero-order valence-corrected chi connectivity index (χ0v) is 16.5. The van der Waals surface area contributed by atoms with E-state index in [1.54, 1.807) is 0 Å². The van der Waals surface area contributed by atoms with Crippen molar-refractivity contribution >= 4 is 0 Å². The number of nitrogens with one attached hydrogen (secondary N) is 1. The van der Waals surface area contributed by atoms with Gasteiger partial charge < -0.3 is 4.98 Å². The van der Waals surface area contributed by atoms with Crippen LogP contribution in [0.5, 0.6) is 0 Å². The summed E-state index contributed by atoms with van der Waals surface area (Å²) >= 11 is 0. The molecule has 0 aliphatic heterocycles. The number of hydrogen-bond acceptors (Lipinski definition) is 1. The number of aromatic amines is 1. The van der Waals surface area contributed by atoms with Gasteiger partial charge in [0.05, 0.1) is 5.69 Å². The predicted molar refractivity (Wildman–Crippen MR) is 97.8 cm³/mol. The third-order valence-electron chi connectivity index (χ3n) is 5.30. The van der Waals surface area contributed by atoms with Crippen molar-refractivity contribution in [3.8, 4) is 0 Å². The average Bonchev–Trinajstić information content (AvgIpc) is 2.86. The molecule has 0 bridgehead atoms. The van der Waals surface area contributed by atoms with Crippen LogP contribution in [0.25, 0.3) is 0 Å². The van der Waals surface area contributed by atoms with Crippen molar-refractivity contribution < 1.29 is 0 Å². The van der Waals surface area contributed by atoms with E-state index in [0.717, 1.165) is 12.2 Å². The molecule has 0 aliphatic carbocycles. The second-order valence-corrected chi connectivity index (χ2v) is 8.81. The van der Waals surface area contributed by atoms with Crippen LogP contribution in [0, 0.1) is 0 Å². The third kappa shape index (κ3) is 3.94. The predicted octanol–water partition coefficient (Wildman–Crippen LogP) is 6.25. The van der Waals surface area contributed by atoms with Gasteiger partial charge in [-0.2, -0.15) is 0 Å². The van der Waals surface area contributed by atoms with E-state index in [1.807, 2.05) is 0 Å². The highest BCUT2D eigenvalue weighted by Gasteiger charge is 2.36. The van der Waals surface area contributed by atoms with Crippen molar-refractivity contribution in [3.05, 3.63) is 17.2 Å². The molecule has 1 rings (SSSR count). The topological polar surface area (TPSA) is 28.7 Å². The summed E-state index contributed by atoms with van der Waals surface area (Å²) in [5.41, 5.74) is 3.06. The van der Waals surface area contributed by atoms with E-state index in [0.29, 0.717) is 0 Å². The van der Waals surface area contributed by atoms with E-state index < -0.39 is 0 Å². The molecular formula is C20H38N2. The van der Waals surface area contributed by atoms with Crippen molar-refractivity contribution in [3.63, 3.8) is 0 Å². The molecule has 1 heterocycles. The van der Waals surface area contributed by atoms with Crippen LogP contribution in [0.15, 0.2) is 0 Å². The summed E-state index contributed by atoms with van der Waals surface area (Å²) in [6.45, 7) is 20.8. The third-order valence-corrected chi connectivity index (χ3v) is 5.30. The second-order valence-electron chi connectivity index (χ2n) is 8.81. The number of aromatic nitrogens is 2. The van der Waals surface area contributed by atoms with Crippen molar-refractivity contribution in [2.24, 2.45) is 0 Å². The monoisotopic (exact) mass is 306 g/mol. The van der Waals surface area contributed by atoms with Crippen molar-refractivity contribution in [2.75, 3.05) is 0 Å². The van der Waals surface area contributed by atoms with E-state index in [4.69, 9.17) is 4.98 Å². The lowest BCUT2D eigenvalue weighted by atomic mass is 9.76. The van der Waals surface area contributed by atoms with Gasteiger partial charge >= 0.3 is 0 Å². The van der Waals surface area contributed by atoms with Gasteiger partial charge in [-0.15, -0.1) is 0 Å². The van der Waals surface area contributed by atoms with Gasteiger partial charge in [0.25, 0.3) is 0 Å². The van der Waals surface area contributed by atoms with Crippen LogP contribution in [0.2, 0.25) is 0 Å². The SMILES string of the molecule is CCCC(C)(C)c1nc(C(C)(C)CC)[nH]c1C(C)(C)CCC. The van der Waals surface area contributed by atoms with Crippen LogP contribution >= 0.6 is 0 Å². The quantitative estimate of drug-likeness (QED) is 0.604. The molecule has 0 unspecified atom stereocenters. The first-order valence-corrected chi connectivity index (χ1v) is 9.13. The zero-order valence-electron chi connectivity index (χ0n) is 16.5. The molecule has 1 aromatic rings. The minimum absolute atomic E-state index is 0.109. The number of hydrogen-bond donors (Lipinski definition) is 1. The maximum atomic E-state index is 5.14. The van der Waals surface area contributed by atoms with E-state index in [9.17, 15) is 0 Å². The van der Waals surface area contributed by atoms with Gasteiger partial charge in [-0.05, 0) is 19.3 Å². The van der Waals surface area contributed by atoms with Crippen molar-refractivity contribution in [1.82, 2.24) is 9.97 Å². The first kappa shape index (κ1) is 19.3. The Morgan fingerprint density at radius 1 is 0.773 bits per heavy atom. The fourth-order valence-corrected chi connectivity index (χ4v) is 3.33. The zero-order chi connectivity index (χ0) is 17.2. The molecule has 2 nitrogen and oxygen atoms in total. The van der Waals surface area contributed by atoms with Crippen LogP contribution in [0.4, 0.5) is 0 Å². The molecule has 0 atom stereocenters. The Kier molecular flexibility index (Phi) is 5.92. The highest BCUT2D eigenvalue weighted by Crippen LogP contribution is 2.39. The number of H-pyrrole nitrogens is 1. The maximum absolute atomic E-state index is 5.14. The molecule has 0 saturated heterocycles. The minimum atomic E-state index is 0.109. The Morgan fingerprint density at radius 3 is 1.73 bits per heavy atom. The summed E-state index contributed by atoms with van der Waals surface area (Å²) in [7, 11) is 0. The lowest BCUT2D eigenvalue weighted by Crippen LogP contribution is -2.26. The molecule has 0 amide bonds. The van der Waals surface area contributed by atoms with Gasteiger partial charge in [0.15, 0.2) is 0 Å². The first-order valence-electron chi connectivity index (χ1n) is 9.13. The molecule has 0 aliphatic rings. The average molecular weight is 307 g/mol. The smallest absolute Gasteiger partial charge is 0.112 e. The highest BCUT2D eigenvalue weighted by atomic mass is 15.0. The van der Waals surface area contributed by atoms with Crippen LogP contribution in [0.3, 0.4) is 0 Å². The van der Waals surface area contributed by atoms with Crippen LogP contribution in [-0.2, 0) is 16.2 Å². The fraction of sp³-hybridized carbons (Fsp3) is 0.850. The summed E-state index contributed by atoms with van der Waals surface area (Å²) in [6.07, 6.45) is 5.86. The Labute approximate surface area is 138 Å². The van der Waals surface area contributed by atoms with Crippen LogP contribution < -0.4 is 0 Å². The van der Waals surface area contributed by atoms with Gasteiger partial charge in [-0.25, -0.2) is 4.98 Å². The summed E-state index contributed by atoms with van der Waals surface area (Å²) in [6, 6.07) is 0. The van der Waals surface area contributed by atoms with Gasteiger partial charge in [0.1, 0.15) is 5.82 Å². The van der Waals surface area contributed by atoms with Gasteiger partial charge in [-0.1, -0.05) is 75.2 Å². The van der Waals surface area contributed by atoms with Gasteiger partial charge in [0.2, 0.25) is 0 Å². The molecule has 1 N–H and O–H groups in total. The molecule has 0 aromatic carbocycles. The van der Waals surface area contributed by atoms with Gasteiger partial charge in [-0.3, -0.25) is 0 Å². The van der Waals surface area contributed by atoms with E-state index in [-0.39, 0.29) is 16.2 Å². The molecule has 128 valence electrons. The molecular weight excluding hydrogens is 268 g/mol. The molecule has 0 fully saturated rings. The van der Waals surface area contributed by atoms with Crippen molar-refractivity contribution in [2.45, 2.75) is 111 Å². The molecule has 1 aromatic heterocycles. The largest absolute Gasteiger partial charge is 0.345 e. The van der Waals surface area contributed by atoms with E-state index in [2.05, 4.69) is 67.3 Å². The summed E-state index contributed by atoms with van der Waals surface area (Å²) in [5.74, 6) is 1.16. The molecule has 22 heavy (non-hydrogen) atoms. The Morgan fingerprint density at radius 2 is 1.27 bits per heavy atom. The Bertz CT molecular complexity index is 442. The van der Waals surface area contributed by atoms with Gasteiger partial charge in [0, 0.05) is 21.9 Å². The minimum Gasteiger partial charge on any atom is -0.345 e. The number of nitrogens with zero attached hydrogens (tertiary/aromatic N) is 1. The fourth-order valence-electron chi connectivity index (χ4n) is 3.33. The summed E-state index contributed by atoms with van der Waals surface area (Å²) in [5, 5.41) is 0. The summed E-state index contributed by atoms with van der Waals surface area (Å²) in [4.78, 5) is 8.89. The molecule has 0 radical (unpaired) electrons. The van der Waals surface area contributed by atoms with E-state index >= 15 is 0 Å². The lowest BCUT2D eigenvalue weighted by molar-refractivity contribution is 0.415. The normalized spacial score (nSPS) is 13.7. The lowest BCUT2D eigenvalue weighted by Gasteiger charge is -2.30. The Balaban J connectivity index is 3.46. The first-order chi connectivity index (χ1) is 10.0. The molecule has 0 spiro atoms. The summed E-state index contributed by atoms with van der Waals surface area (Å²) < 4.78 is 0. The molecule has 0 saturated carbocycles. The Hall–Kier alpha value is -0.790. The highest BCUT2D eigenvalue weighted by molar-refractivity contribution is 5.31. The van der Waals surface area contributed by atoms with E-state index in [1.165, 1.54) is 37.1 Å². The number of imidazole rings is 1. The van der Waals surface area contributed by atoms with Crippen LogP contribution in [0.1, 0.15) is 112 Å². The molecule has 2 heteroatoms. The van der Waals surface area contributed by atoms with Crippen LogP contribution in [-0.4, -0.2) is 9.97 Å². The second kappa shape index (κ2) is 6.76. The number of rotatable bonds is 8. The maximum Gasteiger partial charge on any atom is 0.112 e.